The van der Waals surface area contributed by atoms with Gasteiger partial charge in [-0.05, 0) is 54.6 Å². The highest BCUT2D eigenvalue weighted by Crippen LogP contribution is 2.25. The van der Waals surface area contributed by atoms with E-state index in [0.717, 1.165) is 4.47 Å². The molecule has 0 spiro atoms. The number of pyridine rings is 1. The lowest BCUT2D eigenvalue weighted by Crippen LogP contribution is -2.14. The van der Waals surface area contributed by atoms with Crippen LogP contribution in [-0.4, -0.2) is 16.8 Å². The summed E-state index contributed by atoms with van der Waals surface area (Å²) in [5, 5.41) is 5.47. The van der Waals surface area contributed by atoms with E-state index in [-0.39, 0.29) is 17.7 Å². The predicted molar refractivity (Wildman–Crippen MR) is 107 cm³/mol. The number of nitrogens with zero attached hydrogens (tertiary/aromatic N) is 1. The van der Waals surface area contributed by atoms with Gasteiger partial charge in [-0.1, -0.05) is 22.0 Å². The average molecular weight is 426 g/mol. The minimum Gasteiger partial charge on any atom is -0.438 e. The maximum Gasteiger partial charge on any atom is 0.261 e. The third kappa shape index (κ3) is 5.15. The van der Waals surface area contributed by atoms with E-state index in [1.54, 1.807) is 54.7 Å². The maximum absolute atomic E-state index is 12.7. The number of aromatic nitrogens is 1. The molecule has 0 bridgehead atoms. The fraction of sp³-hybridized carbons (Fsp3) is 0.0500. The van der Waals surface area contributed by atoms with E-state index in [1.165, 1.54) is 6.92 Å². The highest BCUT2D eigenvalue weighted by atomic mass is 79.9. The van der Waals surface area contributed by atoms with Crippen molar-refractivity contribution in [2.24, 2.45) is 0 Å². The van der Waals surface area contributed by atoms with E-state index in [9.17, 15) is 9.59 Å². The Kier molecular flexibility index (Phi) is 5.83. The summed E-state index contributed by atoms with van der Waals surface area (Å²) < 4.78 is 6.67. The van der Waals surface area contributed by atoms with Gasteiger partial charge in [0, 0.05) is 29.0 Å². The molecule has 7 heteroatoms. The molecule has 0 saturated heterocycles. The second-order valence-corrected chi connectivity index (χ2v) is 6.54. The van der Waals surface area contributed by atoms with Gasteiger partial charge in [0.2, 0.25) is 11.8 Å². The van der Waals surface area contributed by atoms with Crippen LogP contribution < -0.4 is 15.4 Å². The van der Waals surface area contributed by atoms with Crippen molar-refractivity contribution in [2.75, 3.05) is 10.6 Å². The molecule has 3 rings (SSSR count). The van der Waals surface area contributed by atoms with Gasteiger partial charge >= 0.3 is 0 Å². The highest BCUT2D eigenvalue weighted by molar-refractivity contribution is 9.10. The molecule has 2 amide bonds. The van der Waals surface area contributed by atoms with Crippen molar-refractivity contribution in [3.63, 3.8) is 0 Å². The van der Waals surface area contributed by atoms with Gasteiger partial charge in [-0.15, -0.1) is 0 Å². The van der Waals surface area contributed by atoms with Crippen molar-refractivity contribution in [2.45, 2.75) is 6.92 Å². The van der Waals surface area contributed by atoms with Crippen LogP contribution in [0, 0.1) is 0 Å². The van der Waals surface area contributed by atoms with Gasteiger partial charge in [0.1, 0.15) is 11.3 Å². The van der Waals surface area contributed by atoms with Gasteiger partial charge in [0.15, 0.2) is 0 Å². The summed E-state index contributed by atoms with van der Waals surface area (Å²) in [7, 11) is 0. The Morgan fingerprint density at radius 2 is 1.67 bits per heavy atom. The van der Waals surface area contributed by atoms with Gasteiger partial charge in [-0.3, -0.25) is 9.59 Å². The molecule has 0 aliphatic heterocycles. The zero-order chi connectivity index (χ0) is 19.2. The number of rotatable bonds is 5. The third-order valence-electron chi connectivity index (χ3n) is 3.48. The van der Waals surface area contributed by atoms with E-state index in [4.69, 9.17) is 4.74 Å². The molecule has 2 aromatic carbocycles. The van der Waals surface area contributed by atoms with Crippen LogP contribution in [0.4, 0.5) is 11.4 Å². The summed E-state index contributed by atoms with van der Waals surface area (Å²) in [6.07, 6.45) is 1.56. The number of carbonyl (C=O) groups excluding carboxylic acids is 2. The number of carbonyl (C=O) groups is 2. The number of halogens is 1. The Bertz CT molecular complexity index is 974. The van der Waals surface area contributed by atoms with Gasteiger partial charge in [0.05, 0.1) is 0 Å². The van der Waals surface area contributed by atoms with Crippen LogP contribution >= 0.6 is 15.9 Å². The molecule has 2 N–H and O–H groups in total. The molecular weight excluding hydrogens is 410 g/mol. The largest absolute Gasteiger partial charge is 0.438 e. The van der Waals surface area contributed by atoms with Gasteiger partial charge < -0.3 is 15.4 Å². The smallest absolute Gasteiger partial charge is 0.261 e. The minimum atomic E-state index is -0.366. The van der Waals surface area contributed by atoms with Crippen molar-refractivity contribution < 1.29 is 14.3 Å². The quantitative estimate of drug-likeness (QED) is 0.612. The Labute approximate surface area is 164 Å². The molecule has 0 radical (unpaired) electrons. The predicted octanol–water partition coefficient (Wildman–Crippen LogP) is 4.85. The van der Waals surface area contributed by atoms with E-state index in [0.29, 0.717) is 22.7 Å². The molecule has 0 aliphatic rings. The minimum absolute atomic E-state index is 0.184. The molecule has 0 aliphatic carbocycles. The van der Waals surface area contributed by atoms with Gasteiger partial charge in [-0.25, -0.2) is 4.98 Å². The van der Waals surface area contributed by atoms with Crippen LogP contribution in [0.3, 0.4) is 0 Å². The van der Waals surface area contributed by atoms with Gasteiger partial charge in [0.25, 0.3) is 5.91 Å². The number of anilines is 2. The van der Waals surface area contributed by atoms with Crippen LogP contribution in [-0.2, 0) is 4.79 Å². The third-order valence-corrected chi connectivity index (χ3v) is 4.01. The molecule has 136 valence electrons. The zero-order valence-corrected chi connectivity index (χ0v) is 16.0. The summed E-state index contributed by atoms with van der Waals surface area (Å²) >= 11 is 3.36. The monoisotopic (exact) mass is 425 g/mol. The molecule has 0 unspecified atom stereocenters. The molecule has 3 aromatic rings. The first-order chi connectivity index (χ1) is 13.0. The first-order valence-electron chi connectivity index (χ1n) is 8.09. The van der Waals surface area contributed by atoms with Crippen LogP contribution in [0.5, 0.6) is 11.6 Å². The summed E-state index contributed by atoms with van der Waals surface area (Å²) in [6, 6.07) is 17.4. The van der Waals surface area contributed by atoms with Crippen molar-refractivity contribution in [1.29, 1.82) is 0 Å². The first kappa shape index (κ1) is 18.6. The van der Waals surface area contributed by atoms with E-state index in [2.05, 4.69) is 31.5 Å². The second kappa shape index (κ2) is 8.46. The molecular formula is C20H16BrN3O3. The number of amides is 2. The van der Waals surface area contributed by atoms with Crippen molar-refractivity contribution in [1.82, 2.24) is 4.98 Å². The average Bonchev–Trinajstić information content (AvgIpc) is 2.64. The zero-order valence-electron chi connectivity index (χ0n) is 14.4. The summed E-state index contributed by atoms with van der Waals surface area (Å²) in [6.45, 7) is 1.42. The molecule has 27 heavy (non-hydrogen) atoms. The molecule has 6 nitrogen and oxygen atoms in total. The van der Waals surface area contributed by atoms with Crippen molar-refractivity contribution >= 4 is 39.1 Å². The fourth-order valence-corrected chi connectivity index (χ4v) is 2.60. The van der Waals surface area contributed by atoms with E-state index < -0.39 is 0 Å². The topological polar surface area (TPSA) is 80.3 Å². The standard InChI is InChI=1S/C20H16BrN3O3/c1-13(25)23-15-4-2-5-16(12-15)24-19(26)18-6-3-11-22-20(18)27-17-9-7-14(21)8-10-17/h2-12H,1H3,(H,23,25)(H,24,26). The Morgan fingerprint density at radius 1 is 0.963 bits per heavy atom. The molecule has 1 aromatic heterocycles. The summed E-state index contributed by atoms with van der Waals surface area (Å²) in [5.41, 5.74) is 1.44. The molecule has 1 heterocycles. The second-order valence-electron chi connectivity index (χ2n) is 5.63. The van der Waals surface area contributed by atoms with Gasteiger partial charge in [-0.2, -0.15) is 0 Å². The van der Waals surface area contributed by atoms with Crippen LogP contribution in [0.1, 0.15) is 17.3 Å². The number of ether oxygens (including phenoxy) is 1. The normalized spacial score (nSPS) is 10.1. The van der Waals surface area contributed by atoms with Crippen LogP contribution in [0.15, 0.2) is 71.3 Å². The molecule has 0 atom stereocenters. The maximum atomic E-state index is 12.7. The summed E-state index contributed by atoms with van der Waals surface area (Å²) in [5.74, 6) is 0.222. The highest BCUT2D eigenvalue weighted by Gasteiger charge is 2.15. The first-order valence-corrected chi connectivity index (χ1v) is 8.88. The van der Waals surface area contributed by atoms with E-state index in [1.807, 2.05) is 12.1 Å². The van der Waals surface area contributed by atoms with Crippen molar-refractivity contribution in [3.05, 3.63) is 76.9 Å². The lowest BCUT2D eigenvalue weighted by Gasteiger charge is -2.11. The summed E-state index contributed by atoms with van der Waals surface area (Å²) in [4.78, 5) is 28.0. The SMILES string of the molecule is CC(=O)Nc1cccc(NC(=O)c2cccnc2Oc2ccc(Br)cc2)c1. The Balaban J connectivity index is 1.79. The molecule has 0 saturated carbocycles. The number of hydrogen-bond donors (Lipinski definition) is 2. The lowest BCUT2D eigenvalue weighted by molar-refractivity contribution is -0.114. The Hall–Kier alpha value is -3.19. The lowest BCUT2D eigenvalue weighted by atomic mass is 10.2. The number of hydrogen-bond acceptors (Lipinski definition) is 4. The molecule has 0 fully saturated rings. The fourth-order valence-electron chi connectivity index (χ4n) is 2.34. The van der Waals surface area contributed by atoms with Crippen LogP contribution in [0.2, 0.25) is 0 Å². The van der Waals surface area contributed by atoms with Crippen molar-refractivity contribution in [3.8, 4) is 11.6 Å². The van der Waals surface area contributed by atoms with E-state index >= 15 is 0 Å². The number of nitrogens with one attached hydrogen (secondary N) is 2. The number of benzene rings is 2. The Morgan fingerprint density at radius 3 is 2.37 bits per heavy atom. The van der Waals surface area contributed by atoms with Crippen LogP contribution in [0.25, 0.3) is 0 Å².